The fourth-order valence-corrected chi connectivity index (χ4v) is 16.8. The number of carbonyl (C=O) groups is 11. The van der Waals surface area contributed by atoms with Gasteiger partial charge in [-0.05, 0) is 198 Å². The maximum Gasteiger partial charge on any atom is 0.407 e. The zero-order valence-corrected chi connectivity index (χ0v) is 73.9. The lowest BCUT2D eigenvalue weighted by molar-refractivity contribution is -0.142. The number of fused-ring (bicyclic) bond motifs is 7. The van der Waals surface area contributed by atoms with Gasteiger partial charge < -0.3 is 128 Å². The van der Waals surface area contributed by atoms with Gasteiger partial charge in [0, 0.05) is 113 Å². The van der Waals surface area contributed by atoms with Gasteiger partial charge in [0.05, 0.1) is 0 Å². The lowest BCUT2D eigenvalue weighted by Crippen LogP contribution is -2.61. The van der Waals surface area contributed by atoms with Crippen molar-refractivity contribution in [1.29, 1.82) is 10.8 Å². The van der Waals surface area contributed by atoms with Gasteiger partial charge in [0.15, 0.2) is 11.9 Å². The molecule has 0 bridgehead atoms. The third kappa shape index (κ3) is 27.7. The standard InChI is InChI=1S/C95H124N24O13/c96-41-17-13-35-73(113-89(126)79(47-56-51-106-69-31-9-5-23-60(56)69)117-87(124)75(37-15-19-43-98)115-91(128)81(49-58-53-108-71-33-11-7-25-62(58)71)119-95(131)132-55-68-66-29-3-1-27-64(66)65-28-2-4-30-67(65)68)83(120)111-78(40-22-46-105-94(102)103)85(122)112-77(39-21-45-104-93(100)101)84(121)110-74(36-14-18-42-97)86(123)116-80(48-57-52-107-70-32-10-6-24-61(57)70)90(127)114-76(38-16-20-44-99)88(125)118-82(92(129)130)50-59-54-109-72-34-12-8-26-63(59)72/h1-12,23-34,51-54,68,73-82,106-109H,13-22,35-50,55,96-99H2,(H,110,121)(H,111,120)(H,112,122)(H,113,126)(H,114,127)(H,115,128)(H,116,123)(H,117,124)(H,118,125)(H,119,131)(H,129,130)(H4,100,101,104)(H4,102,103,105)/t73-,74-,75-,76-,77-,78-,79-,80-,81-,82-/m0/s1. The molecular weight excluding hydrogens is 1690 g/mol. The number of carboxylic acids is 1. The quantitative estimate of drug-likeness (QED) is 0.0144. The molecule has 0 aliphatic heterocycles. The molecule has 0 fully saturated rings. The highest BCUT2D eigenvalue weighted by atomic mass is 16.5. The van der Waals surface area contributed by atoms with E-state index in [4.69, 9.17) is 50.0 Å². The third-order valence-electron chi connectivity index (χ3n) is 23.8. The zero-order valence-electron chi connectivity index (χ0n) is 73.9. The minimum absolute atomic E-state index is 0.0175. The number of nitrogens with one attached hydrogen (secondary N) is 18. The van der Waals surface area contributed by atoms with Gasteiger partial charge in [-0.2, -0.15) is 0 Å². The Bertz CT molecular complexity index is 5580. The maximum absolute atomic E-state index is 15.6. The molecule has 702 valence electrons. The highest BCUT2D eigenvalue weighted by Crippen LogP contribution is 2.44. The number of rotatable bonds is 54. The number of guanidine groups is 2. The van der Waals surface area contributed by atoms with Crippen LogP contribution in [0.1, 0.15) is 142 Å². The molecule has 10 amide bonds. The van der Waals surface area contributed by atoms with Gasteiger partial charge >= 0.3 is 12.1 Å². The predicted octanol–water partition coefficient (Wildman–Crippen LogP) is 4.28. The number of aliphatic carboxylic acids is 1. The van der Waals surface area contributed by atoms with Crippen LogP contribution in [0.4, 0.5) is 4.79 Å². The van der Waals surface area contributed by atoms with E-state index in [0.717, 1.165) is 44.1 Å². The maximum atomic E-state index is 15.6. The molecule has 1 aliphatic carbocycles. The average Bonchev–Trinajstić information content (AvgIpc) is 1.61. The minimum Gasteiger partial charge on any atom is -0.480 e. The van der Waals surface area contributed by atoms with Gasteiger partial charge in [0.25, 0.3) is 0 Å². The molecule has 6 aromatic carbocycles. The van der Waals surface area contributed by atoms with Crippen LogP contribution in [0.15, 0.2) is 170 Å². The van der Waals surface area contributed by atoms with Crippen molar-refractivity contribution < 1.29 is 62.6 Å². The molecule has 37 nitrogen and oxygen atoms in total. The van der Waals surface area contributed by atoms with Crippen LogP contribution in [0.5, 0.6) is 0 Å². The van der Waals surface area contributed by atoms with Crippen molar-refractivity contribution in [3.8, 4) is 11.1 Å². The second-order valence-corrected chi connectivity index (χ2v) is 33.3. The summed E-state index contributed by atoms with van der Waals surface area (Å²) in [7, 11) is 0. The molecule has 132 heavy (non-hydrogen) atoms. The van der Waals surface area contributed by atoms with E-state index >= 15 is 38.4 Å². The first-order valence-electron chi connectivity index (χ1n) is 45.2. The summed E-state index contributed by atoms with van der Waals surface area (Å²) in [6.45, 7) is 0.828. The van der Waals surface area contributed by atoms with E-state index < -0.39 is 138 Å². The smallest absolute Gasteiger partial charge is 0.407 e. The van der Waals surface area contributed by atoms with Crippen LogP contribution in [0.2, 0.25) is 0 Å². The van der Waals surface area contributed by atoms with Crippen molar-refractivity contribution in [2.75, 3.05) is 45.9 Å². The number of H-pyrrole nitrogens is 4. The number of hydrogen-bond acceptors (Lipinski definition) is 18. The first-order chi connectivity index (χ1) is 63.9. The molecule has 11 rings (SSSR count). The number of nitrogens with two attached hydrogens (primary N) is 6. The summed E-state index contributed by atoms with van der Waals surface area (Å²) in [4.78, 5) is 177. The largest absolute Gasteiger partial charge is 0.480 e. The van der Waals surface area contributed by atoms with Crippen LogP contribution in [0.25, 0.3) is 54.7 Å². The van der Waals surface area contributed by atoms with Gasteiger partial charge in [-0.25, -0.2) is 9.59 Å². The molecule has 4 heterocycles. The van der Waals surface area contributed by atoms with Crippen molar-refractivity contribution in [2.24, 2.45) is 34.4 Å². The number of ether oxygens (including phenoxy) is 1. The second-order valence-electron chi connectivity index (χ2n) is 33.3. The van der Waals surface area contributed by atoms with E-state index in [1.807, 2.05) is 127 Å². The lowest BCUT2D eigenvalue weighted by Gasteiger charge is -2.29. The Labute approximate surface area is 764 Å². The highest BCUT2D eigenvalue weighted by molar-refractivity contribution is 6.00. The number of benzene rings is 6. The van der Waals surface area contributed by atoms with Crippen LogP contribution in [0, 0.1) is 10.8 Å². The van der Waals surface area contributed by atoms with Crippen molar-refractivity contribution >= 4 is 121 Å². The number of unbranched alkanes of at least 4 members (excludes halogenated alkanes) is 4. The Morgan fingerprint density at radius 2 is 0.561 bits per heavy atom. The Kier molecular flexibility index (Phi) is 37.0. The number of aromatic amines is 4. The minimum atomic E-state index is -1.52. The molecule has 4 aromatic heterocycles. The highest BCUT2D eigenvalue weighted by Gasteiger charge is 2.39. The van der Waals surface area contributed by atoms with Crippen LogP contribution >= 0.6 is 0 Å². The summed E-state index contributed by atoms with van der Waals surface area (Å²) in [6, 6.07) is 30.7. The van der Waals surface area contributed by atoms with Crippen molar-refractivity contribution in [1.82, 2.24) is 83.7 Å². The molecule has 10 atom stereocenters. The van der Waals surface area contributed by atoms with Crippen LogP contribution in [-0.4, -0.2) is 208 Å². The van der Waals surface area contributed by atoms with Gasteiger partial charge in [0.2, 0.25) is 53.2 Å². The summed E-state index contributed by atoms with van der Waals surface area (Å²) < 4.78 is 6.00. The molecule has 10 aromatic rings. The molecule has 31 N–H and O–H groups in total. The molecule has 0 spiro atoms. The first kappa shape index (κ1) is 98.4. The van der Waals surface area contributed by atoms with E-state index in [1.165, 1.54) is 0 Å². The number of carboxylic acid groups (broad SMARTS) is 1. The van der Waals surface area contributed by atoms with E-state index in [-0.39, 0.29) is 142 Å². The van der Waals surface area contributed by atoms with E-state index in [0.29, 0.717) is 82.6 Å². The SMILES string of the molecule is N=C(N)NCCC[C@H](NC(=O)[C@H](CCCNC(=N)N)NC(=O)[C@H](CCCCN)NC(=O)[C@H](Cc1c[nH]c2ccccc12)NC(=O)[C@H](CCCCN)NC(=O)[C@H](Cc1c[nH]c2ccccc12)NC(=O)OCC1c2ccccc2-c2ccccc21)C(=O)N[C@@H](CCCCN)C(=O)N[C@@H](Cc1c[nH]c2ccccc12)C(=O)N[C@@H](CCCCN)C(=O)N[C@@H](Cc1c[nH]c2ccccc12)C(=O)O. The fraction of sp³-hybridized carbons (Fsp3) is 0.400. The van der Waals surface area contributed by atoms with Crippen molar-refractivity contribution in [3.63, 3.8) is 0 Å². The molecule has 1 aliphatic rings. The third-order valence-corrected chi connectivity index (χ3v) is 23.8. The first-order valence-corrected chi connectivity index (χ1v) is 45.2. The van der Waals surface area contributed by atoms with Crippen LogP contribution < -0.4 is 98.2 Å². The van der Waals surface area contributed by atoms with E-state index in [2.05, 4.69) is 83.7 Å². The molecule has 0 saturated heterocycles. The number of hydrogen-bond donors (Lipinski definition) is 25. The molecule has 0 unspecified atom stereocenters. The van der Waals surface area contributed by atoms with Gasteiger partial charge in [-0.15, -0.1) is 0 Å². The fourth-order valence-electron chi connectivity index (χ4n) is 16.8. The topological polar surface area (TPSA) is 629 Å². The number of para-hydroxylation sites is 4. The van der Waals surface area contributed by atoms with E-state index in [9.17, 15) is 19.5 Å². The Balaban J connectivity index is 0.836. The molecule has 0 saturated carbocycles. The summed E-state index contributed by atoms with van der Waals surface area (Å²) in [5.41, 5.74) is 44.8. The molecule has 0 radical (unpaired) electrons. The van der Waals surface area contributed by atoms with Gasteiger partial charge in [-0.3, -0.25) is 54.0 Å². The number of aromatic nitrogens is 4. The summed E-state index contributed by atoms with van der Waals surface area (Å²) >= 11 is 0. The predicted molar refractivity (Wildman–Crippen MR) is 505 cm³/mol. The average molecular weight is 1810 g/mol. The number of carbonyl (C=O) groups excluding carboxylic acids is 10. The number of alkyl carbamates (subject to hydrolysis) is 1. The summed E-state index contributed by atoms with van der Waals surface area (Å²) in [5, 5.41) is 62.9. The Morgan fingerprint density at radius 1 is 0.318 bits per heavy atom. The molecular formula is C95H124N24O13. The summed E-state index contributed by atoms with van der Waals surface area (Å²) in [6.07, 6.45) is 7.88. The Hall–Kier alpha value is -14.2. The lowest BCUT2D eigenvalue weighted by atomic mass is 9.98. The van der Waals surface area contributed by atoms with Crippen molar-refractivity contribution in [3.05, 3.63) is 204 Å². The molecule has 37 heteroatoms. The number of amides is 10. The second kappa shape index (κ2) is 49.6. The van der Waals surface area contributed by atoms with Gasteiger partial charge in [-0.1, -0.05) is 121 Å². The van der Waals surface area contributed by atoms with Crippen LogP contribution in [-0.2, 0) is 78.4 Å². The van der Waals surface area contributed by atoms with Crippen LogP contribution in [0.3, 0.4) is 0 Å². The monoisotopic (exact) mass is 1810 g/mol. The Morgan fingerprint density at radius 3 is 0.848 bits per heavy atom. The van der Waals surface area contributed by atoms with Crippen molar-refractivity contribution in [2.45, 2.75) is 195 Å². The van der Waals surface area contributed by atoms with E-state index in [1.54, 1.807) is 43.0 Å². The zero-order chi connectivity index (χ0) is 94.0. The van der Waals surface area contributed by atoms with Gasteiger partial charge in [0.1, 0.15) is 67.0 Å². The summed E-state index contributed by atoms with van der Waals surface area (Å²) in [5.74, 6) is -10.0. The normalized spacial score (nSPS) is 14.0.